The molecule has 1 amide bonds. The number of anilines is 1. The molecule has 17 heavy (non-hydrogen) atoms. The van der Waals surface area contributed by atoms with Gasteiger partial charge in [0.25, 0.3) is 0 Å². The van der Waals surface area contributed by atoms with Gasteiger partial charge >= 0.3 is 0 Å². The highest BCUT2D eigenvalue weighted by Gasteiger charge is 2.16. The van der Waals surface area contributed by atoms with Gasteiger partial charge in [0.2, 0.25) is 5.91 Å². The molecule has 1 aromatic rings. The van der Waals surface area contributed by atoms with Gasteiger partial charge in [-0.3, -0.25) is 4.79 Å². The van der Waals surface area contributed by atoms with E-state index in [9.17, 15) is 4.79 Å². The molecule has 0 aromatic heterocycles. The number of amides is 1. The Balaban J connectivity index is 2.09. The van der Waals surface area contributed by atoms with Gasteiger partial charge in [0.1, 0.15) is 0 Å². The van der Waals surface area contributed by atoms with Crippen molar-refractivity contribution >= 4 is 11.6 Å². The molecule has 0 saturated carbocycles. The molecule has 0 spiro atoms. The lowest BCUT2D eigenvalue weighted by Crippen LogP contribution is -2.47. The highest BCUT2D eigenvalue weighted by atomic mass is 16.2. The van der Waals surface area contributed by atoms with Crippen LogP contribution >= 0.6 is 0 Å². The molecule has 2 rings (SSSR count). The van der Waals surface area contributed by atoms with Crippen LogP contribution in [0, 0.1) is 0 Å². The molecule has 4 heteroatoms. The van der Waals surface area contributed by atoms with Gasteiger partial charge < -0.3 is 16.0 Å². The molecule has 4 nitrogen and oxygen atoms in total. The maximum Gasteiger partial charge on any atom is 0.239 e. The number of carbonyl (C=O) groups excluding carboxylic acids is 1. The van der Waals surface area contributed by atoms with Crippen molar-refractivity contribution in [3.8, 4) is 0 Å². The van der Waals surface area contributed by atoms with Crippen LogP contribution in [0.4, 0.5) is 5.69 Å². The molecule has 1 unspecified atom stereocenters. The summed E-state index contributed by atoms with van der Waals surface area (Å²) in [4.78, 5) is 13.4. The van der Waals surface area contributed by atoms with E-state index in [-0.39, 0.29) is 11.9 Å². The van der Waals surface area contributed by atoms with Gasteiger partial charge in [-0.1, -0.05) is 19.1 Å². The highest BCUT2D eigenvalue weighted by Crippen LogP contribution is 2.20. The van der Waals surface area contributed by atoms with Crippen LogP contribution in [0.1, 0.15) is 24.9 Å². The molecule has 3 N–H and O–H groups in total. The molecule has 1 saturated heterocycles. The smallest absolute Gasteiger partial charge is 0.239 e. The Morgan fingerprint density at radius 3 is 2.71 bits per heavy atom. The van der Waals surface area contributed by atoms with E-state index in [0.29, 0.717) is 6.54 Å². The second kappa shape index (κ2) is 5.19. The first-order valence-corrected chi connectivity index (χ1v) is 6.08. The Morgan fingerprint density at radius 2 is 2.12 bits per heavy atom. The predicted octanol–water partition coefficient (Wildman–Crippen LogP) is 1.03. The number of benzene rings is 1. The first kappa shape index (κ1) is 11.9. The fraction of sp³-hybridized carbons (Fsp3) is 0.462. The minimum atomic E-state index is 0.0885. The van der Waals surface area contributed by atoms with Crippen LogP contribution in [-0.4, -0.2) is 25.5 Å². The number of piperazine rings is 1. The maximum absolute atomic E-state index is 11.3. The lowest BCUT2D eigenvalue weighted by atomic mass is 10.0. The van der Waals surface area contributed by atoms with Crippen LogP contribution in [0.2, 0.25) is 0 Å². The van der Waals surface area contributed by atoms with E-state index in [2.05, 4.69) is 29.3 Å². The summed E-state index contributed by atoms with van der Waals surface area (Å²) in [6, 6.07) is 8.30. The molecule has 0 radical (unpaired) electrons. The van der Waals surface area contributed by atoms with Crippen LogP contribution in [0.15, 0.2) is 24.3 Å². The maximum atomic E-state index is 11.3. The molecule has 1 heterocycles. The first-order valence-electron chi connectivity index (χ1n) is 6.08. The van der Waals surface area contributed by atoms with Gasteiger partial charge in [0.05, 0.1) is 6.54 Å². The van der Waals surface area contributed by atoms with Crippen molar-refractivity contribution in [3.63, 3.8) is 0 Å². The van der Waals surface area contributed by atoms with Gasteiger partial charge in [0.15, 0.2) is 0 Å². The minimum Gasteiger partial charge on any atom is -0.360 e. The normalized spacial score (nSPS) is 17.8. The Kier molecular flexibility index (Phi) is 3.64. The van der Waals surface area contributed by atoms with Crippen molar-refractivity contribution < 1.29 is 4.79 Å². The zero-order valence-electron chi connectivity index (χ0n) is 10.1. The topological polar surface area (TPSA) is 58.4 Å². The predicted molar refractivity (Wildman–Crippen MR) is 68.9 cm³/mol. The first-order chi connectivity index (χ1) is 8.20. The Bertz CT molecular complexity index is 388. The van der Waals surface area contributed by atoms with Gasteiger partial charge in [-0.2, -0.15) is 0 Å². The quantitative estimate of drug-likeness (QED) is 0.820. The van der Waals surface area contributed by atoms with Crippen molar-refractivity contribution in [1.82, 2.24) is 5.32 Å². The number of hydrogen-bond donors (Lipinski definition) is 2. The highest BCUT2D eigenvalue weighted by molar-refractivity contribution is 5.82. The van der Waals surface area contributed by atoms with E-state index < -0.39 is 0 Å². The summed E-state index contributed by atoms with van der Waals surface area (Å²) < 4.78 is 0. The van der Waals surface area contributed by atoms with E-state index in [0.717, 1.165) is 30.8 Å². The van der Waals surface area contributed by atoms with Crippen molar-refractivity contribution in [3.05, 3.63) is 29.8 Å². The number of hydrogen-bond acceptors (Lipinski definition) is 3. The van der Waals surface area contributed by atoms with Crippen LogP contribution in [0.5, 0.6) is 0 Å². The number of nitrogens with zero attached hydrogens (tertiary/aromatic N) is 1. The molecule has 0 aliphatic carbocycles. The second-order valence-corrected chi connectivity index (χ2v) is 4.38. The summed E-state index contributed by atoms with van der Waals surface area (Å²) in [6.45, 7) is 4.10. The summed E-state index contributed by atoms with van der Waals surface area (Å²) in [5.74, 6) is 0.0885. The van der Waals surface area contributed by atoms with Crippen LogP contribution in [0.25, 0.3) is 0 Å². The molecular formula is C13H19N3O. The number of carbonyl (C=O) groups is 1. The third-order valence-electron chi connectivity index (χ3n) is 3.16. The largest absolute Gasteiger partial charge is 0.360 e. The lowest BCUT2D eigenvalue weighted by Gasteiger charge is -2.28. The van der Waals surface area contributed by atoms with Crippen molar-refractivity contribution in [2.45, 2.75) is 19.4 Å². The van der Waals surface area contributed by atoms with Gasteiger partial charge in [-0.15, -0.1) is 0 Å². The van der Waals surface area contributed by atoms with Crippen LogP contribution in [0.3, 0.4) is 0 Å². The molecule has 1 atom stereocenters. The Hall–Kier alpha value is -1.55. The van der Waals surface area contributed by atoms with Crippen molar-refractivity contribution in [2.75, 3.05) is 24.5 Å². The molecular weight excluding hydrogens is 214 g/mol. The second-order valence-electron chi connectivity index (χ2n) is 4.38. The standard InChI is InChI=1S/C13H19N3O/c1-2-12(14)10-3-5-11(6-4-10)16-8-7-15-13(17)9-16/h3-6,12H,2,7-9,14H2,1H3,(H,15,17). The van der Waals surface area contributed by atoms with E-state index >= 15 is 0 Å². The van der Waals surface area contributed by atoms with Gasteiger partial charge in [-0.25, -0.2) is 0 Å². The average molecular weight is 233 g/mol. The molecule has 1 aliphatic rings. The summed E-state index contributed by atoms with van der Waals surface area (Å²) >= 11 is 0. The van der Waals surface area contributed by atoms with E-state index in [1.165, 1.54) is 0 Å². The van der Waals surface area contributed by atoms with E-state index in [1.807, 2.05) is 12.1 Å². The minimum absolute atomic E-state index is 0.0885. The number of nitrogens with one attached hydrogen (secondary N) is 1. The summed E-state index contributed by atoms with van der Waals surface area (Å²) in [5, 5.41) is 2.82. The summed E-state index contributed by atoms with van der Waals surface area (Å²) in [7, 11) is 0. The molecule has 1 aliphatic heterocycles. The van der Waals surface area contributed by atoms with Crippen molar-refractivity contribution in [1.29, 1.82) is 0 Å². The van der Waals surface area contributed by atoms with Gasteiger partial charge in [-0.05, 0) is 24.1 Å². The summed E-state index contributed by atoms with van der Waals surface area (Å²) in [6.07, 6.45) is 0.936. The van der Waals surface area contributed by atoms with Gasteiger partial charge in [0, 0.05) is 24.8 Å². The number of nitrogens with two attached hydrogens (primary N) is 1. The zero-order valence-corrected chi connectivity index (χ0v) is 10.1. The monoisotopic (exact) mass is 233 g/mol. The fourth-order valence-corrected chi connectivity index (χ4v) is 2.03. The van der Waals surface area contributed by atoms with Crippen molar-refractivity contribution in [2.24, 2.45) is 5.73 Å². The van der Waals surface area contributed by atoms with E-state index in [4.69, 9.17) is 5.73 Å². The zero-order chi connectivity index (χ0) is 12.3. The fourth-order valence-electron chi connectivity index (χ4n) is 2.03. The molecule has 1 fully saturated rings. The van der Waals surface area contributed by atoms with Crippen LogP contribution < -0.4 is 16.0 Å². The van der Waals surface area contributed by atoms with E-state index in [1.54, 1.807) is 0 Å². The Labute approximate surface area is 102 Å². The molecule has 92 valence electrons. The molecule has 0 bridgehead atoms. The third kappa shape index (κ3) is 2.77. The number of rotatable bonds is 3. The summed E-state index contributed by atoms with van der Waals surface area (Å²) in [5.41, 5.74) is 8.21. The van der Waals surface area contributed by atoms with Crippen LogP contribution in [-0.2, 0) is 4.79 Å². The SMILES string of the molecule is CCC(N)c1ccc(N2CCNC(=O)C2)cc1. The third-order valence-corrected chi connectivity index (χ3v) is 3.16. The Morgan fingerprint density at radius 1 is 1.41 bits per heavy atom. The lowest BCUT2D eigenvalue weighted by molar-refractivity contribution is -0.120. The molecule has 1 aromatic carbocycles. The average Bonchev–Trinajstić information content (AvgIpc) is 2.38.